The van der Waals surface area contributed by atoms with Gasteiger partial charge >= 0.3 is 0 Å². The molecule has 3 heterocycles. The highest BCUT2D eigenvalue weighted by Gasteiger charge is 2.28. The van der Waals surface area contributed by atoms with Crippen LogP contribution in [0, 0.1) is 0 Å². The van der Waals surface area contributed by atoms with Crippen LogP contribution in [0.4, 0.5) is 0 Å². The van der Waals surface area contributed by atoms with Crippen molar-refractivity contribution in [1.29, 1.82) is 0 Å². The smallest absolute Gasteiger partial charge is 0.0900 e. The lowest BCUT2D eigenvalue weighted by Crippen LogP contribution is -2.35. The first kappa shape index (κ1) is 15.0. The molecule has 0 aromatic carbocycles. The van der Waals surface area contributed by atoms with Gasteiger partial charge < -0.3 is 19.6 Å². The van der Waals surface area contributed by atoms with Gasteiger partial charge in [0.25, 0.3) is 0 Å². The van der Waals surface area contributed by atoms with Gasteiger partial charge in [0.15, 0.2) is 0 Å². The number of aliphatic hydroxyl groups is 1. The van der Waals surface area contributed by atoms with Crippen molar-refractivity contribution in [3.8, 4) is 0 Å². The Bertz CT molecular complexity index is 404. The number of rotatable bonds is 7. The van der Waals surface area contributed by atoms with Crippen LogP contribution in [0.1, 0.15) is 37.4 Å². The molecule has 0 amide bonds. The van der Waals surface area contributed by atoms with Crippen LogP contribution in [0.15, 0.2) is 18.3 Å². The van der Waals surface area contributed by atoms with Gasteiger partial charge in [-0.05, 0) is 44.4 Å². The van der Waals surface area contributed by atoms with Crippen molar-refractivity contribution in [2.24, 2.45) is 0 Å². The maximum Gasteiger partial charge on any atom is 0.0900 e. The second-order valence-corrected chi connectivity index (χ2v) is 6.10. The Labute approximate surface area is 126 Å². The van der Waals surface area contributed by atoms with Crippen molar-refractivity contribution >= 4 is 0 Å². The van der Waals surface area contributed by atoms with E-state index in [1.165, 1.54) is 12.1 Å². The highest BCUT2D eigenvalue weighted by atomic mass is 16.5. The molecule has 2 fully saturated rings. The molecule has 0 aliphatic carbocycles. The Morgan fingerprint density at radius 3 is 3.14 bits per heavy atom. The van der Waals surface area contributed by atoms with Crippen LogP contribution in [-0.4, -0.2) is 60.1 Å². The molecule has 2 aliphatic rings. The molecule has 21 heavy (non-hydrogen) atoms. The van der Waals surface area contributed by atoms with Crippen molar-refractivity contribution < 1.29 is 14.6 Å². The van der Waals surface area contributed by atoms with Crippen molar-refractivity contribution in [3.05, 3.63) is 24.0 Å². The molecular formula is C16H26N2O3. The molecule has 2 saturated heterocycles. The van der Waals surface area contributed by atoms with Gasteiger partial charge in [-0.3, -0.25) is 4.90 Å². The van der Waals surface area contributed by atoms with Crippen molar-refractivity contribution in [2.75, 3.05) is 32.9 Å². The summed E-state index contributed by atoms with van der Waals surface area (Å²) in [6.07, 6.45) is 6.32. The van der Waals surface area contributed by atoms with E-state index in [4.69, 9.17) is 9.47 Å². The minimum atomic E-state index is -0.429. The highest BCUT2D eigenvalue weighted by molar-refractivity contribution is 5.11. The number of β-amino-alcohol motifs (C(OH)–C–C–N with tert-alkyl or cyclic N) is 1. The summed E-state index contributed by atoms with van der Waals surface area (Å²) in [6.45, 7) is 3.58. The minimum absolute atomic E-state index is 0.232. The van der Waals surface area contributed by atoms with Gasteiger partial charge in [-0.25, -0.2) is 0 Å². The topological polar surface area (TPSA) is 57.7 Å². The summed E-state index contributed by atoms with van der Waals surface area (Å²) in [6, 6.07) is 4.57. The number of hydrogen-bond acceptors (Lipinski definition) is 4. The molecule has 3 unspecified atom stereocenters. The van der Waals surface area contributed by atoms with Crippen molar-refractivity contribution in [2.45, 2.75) is 43.9 Å². The average Bonchev–Trinajstić information content (AvgIpc) is 3.20. The normalized spacial score (nSPS) is 28.2. The van der Waals surface area contributed by atoms with Gasteiger partial charge in [0, 0.05) is 31.1 Å². The highest BCUT2D eigenvalue weighted by Crippen LogP contribution is 2.30. The van der Waals surface area contributed by atoms with Crippen LogP contribution in [0.2, 0.25) is 0 Å². The molecule has 0 bridgehead atoms. The summed E-state index contributed by atoms with van der Waals surface area (Å²) in [4.78, 5) is 5.64. The predicted octanol–water partition coefficient (Wildman–Crippen LogP) is 1.71. The lowest BCUT2D eigenvalue weighted by molar-refractivity contribution is -0.0262. The molecule has 118 valence electrons. The van der Waals surface area contributed by atoms with Crippen LogP contribution in [0.5, 0.6) is 0 Å². The van der Waals surface area contributed by atoms with Crippen molar-refractivity contribution in [3.63, 3.8) is 0 Å². The first-order valence-corrected chi connectivity index (χ1v) is 8.07. The molecule has 0 radical (unpaired) electrons. The third-order valence-electron chi connectivity index (χ3n) is 4.43. The monoisotopic (exact) mass is 294 g/mol. The summed E-state index contributed by atoms with van der Waals surface area (Å²) < 4.78 is 11.1. The number of aromatic amines is 1. The fraction of sp³-hybridized carbons (Fsp3) is 0.750. The number of H-pyrrole nitrogens is 1. The van der Waals surface area contributed by atoms with E-state index in [-0.39, 0.29) is 6.10 Å². The fourth-order valence-electron chi connectivity index (χ4n) is 3.38. The van der Waals surface area contributed by atoms with Crippen LogP contribution in [0.25, 0.3) is 0 Å². The van der Waals surface area contributed by atoms with Gasteiger partial charge in [-0.1, -0.05) is 0 Å². The van der Waals surface area contributed by atoms with Crippen LogP contribution < -0.4 is 0 Å². The second-order valence-electron chi connectivity index (χ2n) is 6.10. The Balaban J connectivity index is 1.40. The molecule has 2 aliphatic heterocycles. The Morgan fingerprint density at radius 2 is 2.38 bits per heavy atom. The number of likely N-dealkylation sites (tertiary alicyclic amines) is 1. The van der Waals surface area contributed by atoms with E-state index >= 15 is 0 Å². The van der Waals surface area contributed by atoms with Gasteiger partial charge in [-0.15, -0.1) is 0 Å². The molecule has 1 aromatic heterocycles. The second kappa shape index (κ2) is 7.40. The molecular weight excluding hydrogens is 268 g/mol. The van der Waals surface area contributed by atoms with E-state index in [2.05, 4.69) is 16.0 Å². The van der Waals surface area contributed by atoms with Crippen LogP contribution in [0.3, 0.4) is 0 Å². The third kappa shape index (κ3) is 4.07. The fourth-order valence-corrected chi connectivity index (χ4v) is 3.38. The Kier molecular flexibility index (Phi) is 5.30. The molecule has 1 aromatic rings. The Hall–Kier alpha value is -0.880. The number of aliphatic hydroxyl groups excluding tert-OH is 1. The number of aromatic nitrogens is 1. The summed E-state index contributed by atoms with van der Waals surface area (Å²) in [5.74, 6) is 0. The Morgan fingerprint density at radius 1 is 1.43 bits per heavy atom. The zero-order valence-electron chi connectivity index (χ0n) is 12.5. The molecule has 0 spiro atoms. The average molecular weight is 294 g/mol. The molecule has 3 atom stereocenters. The van der Waals surface area contributed by atoms with E-state index in [1.54, 1.807) is 0 Å². The zero-order valence-corrected chi connectivity index (χ0v) is 12.5. The summed E-state index contributed by atoms with van der Waals surface area (Å²) in [5.41, 5.74) is 1.25. The lowest BCUT2D eigenvalue weighted by Gasteiger charge is -2.26. The first-order valence-electron chi connectivity index (χ1n) is 8.07. The quantitative estimate of drug-likeness (QED) is 0.804. The largest absolute Gasteiger partial charge is 0.389 e. The SMILES string of the molecule is OC(COCC1CCCO1)CN1CCCC1c1ccc[nH]1. The van der Waals surface area contributed by atoms with E-state index in [0.29, 0.717) is 25.8 Å². The summed E-state index contributed by atoms with van der Waals surface area (Å²) in [5, 5.41) is 10.2. The zero-order chi connectivity index (χ0) is 14.5. The minimum Gasteiger partial charge on any atom is -0.389 e. The number of nitrogens with one attached hydrogen (secondary N) is 1. The maximum absolute atomic E-state index is 10.2. The van der Waals surface area contributed by atoms with E-state index in [0.717, 1.165) is 32.4 Å². The van der Waals surface area contributed by atoms with Crippen LogP contribution >= 0.6 is 0 Å². The lowest BCUT2D eigenvalue weighted by atomic mass is 10.1. The van der Waals surface area contributed by atoms with Crippen LogP contribution in [-0.2, 0) is 9.47 Å². The van der Waals surface area contributed by atoms with Gasteiger partial charge in [0.1, 0.15) is 0 Å². The van der Waals surface area contributed by atoms with E-state index in [9.17, 15) is 5.11 Å². The molecule has 0 saturated carbocycles. The predicted molar refractivity (Wildman–Crippen MR) is 80.1 cm³/mol. The standard InChI is InChI=1S/C16H26N2O3/c19-13(11-20-12-14-4-3-9-21-14)10-18-8-2-6-16(18)15-5-1-7-17-15/h1,5,7,13-14,16-17,19H,2-4,6,8-12H2. The van der Waals surface area contributed by atoms with E-state index < -0.39 is 6.10 Å². The number of nitrogens with zero attached hydrogens (tertiary/aromatic N) is 1. The third-order valence-corrected chi connectivity index (χ3v) is 4.43. The van der Waals surface area contributed by atoms with Gasteiger partial charge in [0.2, 0.25) is 0 Å². The summed E-state index contributed by atoms with van der Waals surface area (Å²) >= 11 is 0. The molecule has 5 nitrogen and oxygen atoms in total. The molecule has 5 heteroatoms. The number of hydrogen-bond donors (Lipinski definition) is 2. The van der Waals surface area contributed by atoms with Gasteiger partial charge in [0.05, 0.1) is 25.4 Å². The van der Waals surface area contributed by atoms with Crippen molar-refractivity contribution in [1.82, 2.24) is 9.88 Å². The summed E-state index contributed by atoms with van der Waals surface area (Å²) in [7, 11) is 0. The first-order chi connectivity index (χ1) is 10.3. The maximum atomic E-state index is 10.2. The molecule has 2 N–H and O–H groups in total. The van der Waals surface area contributed by atoms with E-state index in [1.807, 2.05) is 12.3 Å². The van der Waals surface area contributed by atoms with Gasteiger partial charge in [-0.2, -0.15) is 0 Å². The number of ether oxygens (including phenoxy) is 2. The molecule has 3 rings (SSSR count).